The topological polar surface area (TPSA) is 68.0 Å². The summed E-state index contributed by atoms with van der Waals surface area (Å²) in [5, 5.41) is 4.09. The Labute approximate surface area is 142 Å². The van der Waals surface area contributed by atoms with Crippen molar-refractivity contribution >= 4 is 41.6 Å². The van der Waals surface area contributed by atoms with Crippen LogP contribution in [0.3, 0.4) is 0 Å². The van der Waals surface area contributed by atoms with Crippen molar-refractivity contribution in [2.45, 2.75) is 25.3 Å². The van der Waals surface area contributed by atoms with Crippen LogP contribution in [0.1, 0.15) is 30.3 Å². The molecule has 1 saturated carbocycles. The largest absolute Gasteiger partial charge is 0.344 e. The monoisotopic (exact) mass is 341 g/mol. The van der Waals surface area contributed by atoms with Gasteiger partial charge in [0.15, 0.2) is 0 Å². The number of carbonyl (C=O) groups is 1. The van der Waals surface area contributed by atoms with Crippen LogP contribution >= 0.6 is 24.8 Å². The molecule has 3 rings (SSSR count). The highest BCUT2D eigenvalue weighted by Crippen LogP contribution is 2.39. The lowest BCUT2D eigenvalue weighted by molar-refractivity contribution is 0.0893. The molecule has 1 fully saturated rings. The molecule has 1 aliphatic carbocycles. The summed E-state index contributed by atoms with van der Waals surface area (Å²) in [4.78, 5) is 16.8. The number of benzene rings is 1. The average molecular weight is 342 g/mol. The van der Waals surface area contributed by atoms with Crippen LogP contribution < -0.4 is 11.1 Å². The summed E-state index contributed by atoms with van der Waals surface area (Å²) in [6, 6.07) is 11.5. The summed E-state index contributed by atoms with van der Waals surface area (Å²) >= 11 is 0. The fourth-order valence-electron chi connectivity index (χ4n) is 2.56. The molecule has 0 spiro atoms. The van der Waals surface area contributed by atoms with Crippen molar-refractivity contribution in [3.8, 4) is 0 Å². The summed E-state index contributed by atoms with van der Waals surface area (Å²) in [5.74, 6) is 0.354. The van der Waals surface area contributed by atoms with Crippen LogP contribution in [0.15, 0.2) is 36.4 Å². The number of nitrogens with zero attached hydrogens (tertiary/aromatic N) is 1. The minimum absolute atomic E-state index is 0. The van der Waals surface area contributed by atoms with Crippen molar-refractivity contribution in [3.63, 3.8) is 0 Å². The quantitative estimate of drug-likeness (QED) is 0.898. The Hall–Kier alpha value is -1.36. The van der Waals surface area contributed by atoms with Crippen molar-refractivity contribution in [2.24, 2.45) is 11.7 Å². The maximum absolute atomic E-state index is 12.4. The average Bonchev–Trinajstić information content (AvgIpc) is 3.31. The Morgan fingerprint density at radius 1 is 1.27 bits per heavy atom. The minimum atomic E-state index is -0.315. The van der Waals surface area contributed by atoms with Gasteiger partial charge in [-0.05, 0) is 37.8 Å². The lowest BCUT2D eigenvalue weighted by Crippen LogP contribution is -2.53. The summed E-state index contributed by atoms with van der Waals surface area (Å²) in [7, 11) is 0. The maximum Gasteiger partial charge on any atom is 0.270 e. The minimum Gasteiger partial charge on any atom is -0.344 e. The number of rotatable bonds is 4. The molecule has 0 saturated heterocycles. The van der Waals surface area contributed by atoms with Crippen LogP contribution in [0, 0.1) is 5.92 Å². The number of aromatic nitrogens is 1. The number of nitrogens with one attached hydrogen (secondary N) is 1. The molecule has 3 N–H and O–H groups in total. The van der Waals surface area contributed by atoms with Crippen LogP contribution in [0.5, 0.6) is 0 Å². The van der Waals surface area contributed by atoms with E-state index >= 15 is 0 Å². The SMILES string of the molecule is CC(CN)(NC(=O)c1ccc2ccccc2n1)C1CC1.Cl.Cl. The molecule has 4 nitrogen and oxygen atoms in total. The van der Waals surface area contributed by atoms with Crippen molar-refractivity contribution in [1.82, 2.24) is 10.3 Å². The lowest BCUT2D eigenvalue weighted by Gasteiger charge is -2.29. The summed E-state index contributed by atoms with van der Waals surface area (Å²) in [6.07, 6.45) is 2.28. The highest BCUT2D eigenvalue weighted by molar-refractivity contribution is 5.95. The molecule has 0 aliphatic heterocycles. The van der Waals surface area contributed by atoms with Gasteiger partial charge >= 0.3 is 0 Å². The molecule has 6 heteroatoms. The van der Waals surface area contributed by atoms with Gasteiger partial charge in [0.25, 0.3) is 5.91 Å². The zero-order valence-electron chi connectivity index (χ0n) is 12.4. The van der Waals surface area contributed by atoms with Crippen molar-refractivity contribution in [3.05, 3.63) is 42.1 Å². The first-order chi connectivity index (χ1) is 9.62. The zero-order chi connectivity index (χ0) is 14.2. The van der Waals surface area contributed by atoms with Crippen LogP contribution in [0.25, 0.3) is 10.9 Å². The summed E-state index contributed by atoms with van der Waals surface area (Å²) < 4.78 is 0. The van der Waals surface area contributed by atoms with Crippen LogP contribution in [0.2, 0.25) is 0 Å². The maximum atomic E-state index is 12.4. The fourth-order valence-corrected chi connectivity index (χ4v) is 2.56. The van der Waals surface area contributed by atoms with Gasteiger partial charge in [0.2, 0.25) is 0 Å². The van der Waals surface area contributed by atoms with E-state index in [1.165, 1.54) is 0 Å². The first-order valence-electron chi connectivity index (χ1n) is 7.01. The second-order valence-electron chi connectivity index (χ2n) is 5.74. The highest BCUT2D eigenvalue weighted by atomic mass is 35.5. The predicted octanol–water partition coefficient (Wildman–Crippen LogP) is 2.94. The predicted molar refractivity (Wildman–Crippen MR) is 93.9 cm³/mol. The van der Waals surface area contributed by atoms with E-state index in [2.05, 4.69) is 10.3 Å². The first-order valence-corrected chi connectivity index (χ1v) is 7.01. The van der Waals surface area contributed by atoms with Crippen molar-refractivity contribution in [2.75, 3.05) is 6.54 Å². The Balaban J connectivity index is 0.00000121. The highest BCUT2D eigenvalue weighted by Gasteiger charge is 2.41. The number of hydrogen-bond acceptors (Lipinski definition) is 3. The normalized spacial score (nSPS) is 16.1. The van der Waals surface area contributed by atoms with Gasteiger partial charge in [0, 0.05) is 11.9 Å². The Morgan fingerprint density at radius 3 is 2.59 bits per heavy atom. The molecule has 1 aliphatic rings. The van der Waals surface area contributed by atoms with Crippen molar-refractivity contribution in [1.29, 1.82) is 0 Å². The number of para-hydroxylation sites is 1. The molecule has 1 atom stereocenters. The lowest BCUT2D eigenvalue weighted by atomic mass is 9.95. The van der Waals surface area contributed by atoms with Gasteiger partial charge in [-0.25, -0.2) is 4.98 Å². The number of amides is 1. The van der Waals surface area contributed by atoms with Gasteiger partial charge in [0.1, 0.15) is 5.69 Å². The Morgan fingerprint density at radius 2 is 1.95 bits per heavy atom. The van der Waals surface area contributed by atoms with E-state index in [0.29, 0.717) is 18.2 Å². The second kappa shape index (κ2) is 7.27. The molecule has 0 bridgehead atoms. The number of hydrogen-bond donors (Lipinski definition) is 2. The van der Waals surface area contributed by atoms with E-state index in [9.17, 15) is 4.79 Å². The molecule has 0 radical (unpaired) electrons. The number of pyridine rings is 1. The Kier molecular flexibility index (Phi) is 6.17. The molecule has 1 aromatic carbocycles. The van der Waals surface area contributed by atoms with Gasteiger partial charge in [-0.3, -0.25) is 4.79 Å². The second-order valence-corrected chi connectivity index (χ2v) is 5.74. The number of fused-ring (bicyclic) bond motifs is 1. The van der Waals surface area contributed by atoms with E-state index in [0.717, 1.165) is 23.7 Å². The zero-order valence-corrected chi connectivity index (χ0v) is 14.0. The van der Waals surface area contributed by atoms with Gasteiger partial charge in [-0.1, -0.05) is 24.3 Å². The first kappa shape index (κ1) is 18.7. The molecule has 120 valence electrons. The van der Waals surface area contributed by atoms with Gasteiger partial charge in [0.05, 0.1) is 11.1 Å². The number of nitrogens with two attached hydrogens (primary N) is 1. The molecule has 1 heterocycles. The molecule has 1 aromatic heterocycles. The third-order valence-corrected chi connectivity index (χ3v) is 4.13. The van der Waals surface area contributed by atoms with E-state index in [1.54, 1.807) is 6.07 Å². The van der Waals surface area contributed by atoms with Gasteiger partial charge in [-0.15, -0.1) is 24.8 Å². The van der Waals surface area contributed by atoms with Gasteiger partial charge < -0.3 is 11.1 Å². The fraction of sp³-hybridized carbons (Fsp3) is 0.375. The van der Waals surface area contributed by atoms with Crippen molar-refractivity contribution < 1.29 is 4.79 Å². The molecule has 2 aromatic rings. The third-order valence-electron chi connectivity index (χ3n) is 4.13. The standard InChI is InChI=1S/C16H19N3O.2ClH/c1-16(10-17,12-7-8-12)19-15(20)14-9-6-11-4-2-3-5-13(11)18-14;;/h2-6,9,12H,7-8,10,17H2,1H3,(H,19,20);2*1H. The van der Waals surface area contributed by atoms with E-state index in [-0.39, 0.29) is 36.3 Å². The van der Waals surface area contributed by atoms with Crippen LogP contribution in [0.4, 0.5) is 0 Å². The molecule has 1 amide bonds. The smallest absolute Gasteiger partial charge is 0.270 e. The summed E-state index contributed by atoms with van der Waals surface area (Å²) in [5.41, 5.74) is 6.80. The molecule has 1 unspecified atom stereocenters. The van der Waals surface area contributed by atoms with Crippen LogP contribution in [-0.4, -0.2) is 23.0 Å². The number of halogens is 2. The number of carbonyl (C=O) groups excluding carboxylic acids is 1. The van der Waals surface area contributed by atoms with E-state index in [1.807, 2.05) is 37.3 Å². The third kappa shape index (κ3) is 3.69. The van der Waals surface area contributed by atoms with Crippen LogP contribution in [-0.2, 0) is 0 Å². The van der Waals surface area contributed by atoms with E-state index in [4.69, 9.17) is 5.73 Å². The van der Waals surface area contributed by atoms with E-state index < -0.39 is 0 Å². The molecule has 22 heavy (non-hydrogen) atoms. The Bertz CT molecular complexity index is 661. The molecular formula is C16H21Cl2N3O. The molecular weight excluding hydrogens is 321 g/mol. The van der Waals surface area contributed by atoms with Gasteiger partial charge in [-0.2, -0.15) is 0 Å². The summed E-state index contributed by atoms with van der Waals surface area (Å²) in [6.45, 7) is 2.47.